The molecule has 1 atom stereocenters. The number of methoxy groups -OCH3 is 1. The van der Waals surface area contributed by atoms with Crippen LogP contribution in [-0.2, 0) is 4.74 Å². The Morgan fingerprint density at radius 2 is 2.05 bits per heavy atom. The first-order chi connectivity index (χ1) is 9.04. The van der Waals surface area contributed by atoms with E-state index < -0.39 is 0 Å². The van der Waals surface area contributed by atoms with Gasteiger partial charge in [-0.25, -0.2) is 9.97 Å². The van der Waals surface area contributed by atoms with Crippen molar-refractivity contribution in [1.82, 2.24) is 9.97 Å². The molecule has 5 nitrogen and oxygen atoms in total. The topological polar surface area (TPSA) is 64.3 Å². The van der Waals surface area contributed by atoms with Gasteiger partial charge in [0.1, 0.15) is 17.5 Å². The Morgan fingerprint density at radius 3 is 2.63 bits per heavy atom. The van der Waals surface area contributed by atoms with E-state index in [-0.39, 0.29) is 0 Å². The highest BCUT2D eigenvalue weighted by molar-refractivity contribution is 5.57. The van der Waals surface area contributed by atoms with E-state index >= 15 is 0 Å². The van der Waals surface area contributed by atoms with Crippen molar-refractivity contribution in [3.63, 3.8) is 0 Å². The summed E-state index contributed by atoms with van der Waals surface area (Å²) in [5.41, 5.74) is 6.94. The van der Waals surface area contributed by atoms with E-state index in [1.165, 1.54) is 12.8 Å². The lowest BCUT2D eigenvalue weighted by Gasteiger charge is -2.31. The van der Waals surface area contributed by atoms with Crippen molar-refractivity contribution in [1.29, 1.82) is 0 Å². The number of rotatable bonds is 6. The van der Waals surface area contributed by atoms with Crippen LogP contribution in [0.3, 0.4) is 0 Å². The van der Waals surface area contributed by atoms with Gasteiger partial charge in [0.2, 0.25) is 0 Å². The molecule has 0 bridgehead atoms. The SMILES string of the molecule is COCCN(c1nc(C)nc(N)c1C)C(C)C1CC1. The average molecular weight is 264 g/mol. The molecule has 19 heavy (non-hydrogen) atoms. The molecule has 0 spiro atoms. The second kappa shape index (κ2) is 5.74. The van der Waals surface area contributed by atoms with E-state index in [1.54, 1.807) is 7.11 Å². The molecule has 106 valence electrons. The molecule has 1 heterocycles. The van der Waals surface area contributed by atoms with Gasteiger partial charge in [-0.3, -0.25) is 0 Å². The zero-order valence-electron chi connectivity index (χ0n) is 12.3. The molecular formula is C14H24N4O. The summed E-state index contributed by atoms with van der Waals surface area (Å²) in [5.74, 6) is 3.03. The Balaban J connectivity index is 2.30. The molecular weight excluding hydrogens is 240 g/mol. The lowest BCUT2D eigenvalue weighted by molar-refractivity contribution is 0.202. The molecule has 0 saturated heterocycles. The molecule has 0 amide bonds. The van der Waals surface area contributed by atoms with Crippen LogP contribution in [0.4, 0.5) is 11.6 Å². The quantitative estimate of drug-likeness (QED) is 0.850. The van der Waals surface area contributed by atoms with Crippen molar-refractivity contribution < 1.29 is 4.74 Å². The van der Waals surface area contributed by atoms with Crippen LogP contribution in [0.25, 0.3) is 0 Å². The van der Waals surface area contributed by atoms with Crippen molar-refractivity contribution in [3.8, 4) is 0 Å². The van der Waals surface area contributed by atoms with Crippen molar-refractivity contribution in [3.05, 3.63) is 11.4 Å². The van der Waals surface area contributed by atoms with Crippen LogP contribution < -0.4 is 10.6 Å². The predicted octanol–water partition coefficient (Wildman–Crippen LogP) is 1.93. The summed E-state index contributed by atoms with van der Waals surface area (Å²) in [6.45, 7) is 7.67. The maximum Gasteiger partial charge on any atom is 0.137 e. The van der Waals surface area contributed by atoms with Crippen LogP contribution in [0.5, 0.6) is 0 Å². The van der Waals surface area contributed by atoms with Crippen LogP contribution in [0.1, 0.15) is 31.2 Å². The second-order valence-electron chi connectivity index (χ2n) is 5.37. The molecule has 1 saturated carbocycles. The smallest absolute Gasteiger partial charge is 0.137 e. The molecule has 1 unspecified atom stereocenters. The minimum absolute atomic E-state index is 0.475. The molecule has 2 rings (SSSR count). The normalized spacial score (nSPS) is 16.4. The number of hydrogen-bond acceptors (Lipinski definition) is 5. The fourth-order valence-electron chi connectivity index (χ4n) is 2.44. The summed E-state index contributed by atoms with van der Waals surface area (Å²) in [4.78, 5) is 11.1. The van der Waals surface area contributed by atoms with Crippen LogP contribution in [0.15, 0.2) is 0 Å². The van der Waals surface area contributed by atoms with Crippen molar-refractivity contribution >= 4 is 11.6 Å². The van der Waals surface area contributed by atoms with Crippen LogP contribution >= 0.6 is 0 Å². The fourth-order valence-corrected chi connectivity index (χ4v) is 2.44. The van der Waals surface area contributed by atoms with Gasteiger partial charge in [-0.2, -0.15) is 0 Å². The molecule has 1 fully saturated rings. The standard InChI is InChI=1S/C14H24N4O/c1-9-13(15)16-11(3)17-14(9)18(7-8-19-4)10(2)12-5-6-12/h10,12H,5-8H2,1-4H3,(H2,15,16,17). The first kappa shape index (κ1) is 14.1. The Morgan fingerprint density at radius 1 is 1.37 bits per heavy atom. The van der Waals surface area contributed by atoms with Gasteiger partial charge in [-0.15, -0.1) is 0 Å². The minimum Gasteiger partial charge on any atom is -0.383 e. The lowest BCUT2D eigenvalue weighted by Crippen LogP contribution is -2.38. The third-order valence-corrected chi connectivity index (χ3v) is 3.87. The first-order valence-corrected chi connectivity index (χ1v) is 6.91. The molecule has 0 radical (unpaired) electrons. The Labute approximate surface area is 115 Å². The average Bonchev–Trinajstić information content (AvgIpc) is 3.19. The maximum atomic E-state index is 5.97. The summed E-state index contributed by atoms with van der Waals surface area (Å²) < 4.78 is 5.23. The third-order valence-electron chi connectivity index (χ3n) is 3.87. The molecule has 1 aromatic heterocycles. The zero-order chi connectivity index (χ0) is 14.0. The van der Waals surface area contributed by atoms with Gasteiger partial charge in [0.15, 0.2) is 0 Å². The number of aryl methyl sites for hydroxylation is 1. The number of hydrogen-bond donors (Lipinski definition) is 1. The van der Waals surface area contributed by atoms with Crippen molar-refractivity contribution in [2.45, 2.75) is 39.7 Å². The fraction of sp³-hybridized carbons (Fsp3) is 0.714. The summed E-state index contributed by atoms with van der Waals surface area (Å²) in [6, 6.07) is 0.475. The predicted molar refractivity (Wildman–Crippen MR) is 77.3 cm³/mol. The largest absolute Gasteiger partial charge is 0.383 e. The monoisotopic (exact) mass is 264 g/mol. The summed E-state index contributed by atoms with van der Waals surface area (Å²) >= 11 is 0. The highest BCUT2D eigenvalue weighted by Gasteiger charge is 2.33. The highest BCUT2D eigenvalue weighted by atomic mass is 16.5. The molecule has 1 aliphatic rings. The van der Waals surface area contributed by atoms with Crippen molar-refractivity contribution in [2.24, 2.45) is 5.92 Å². The molecule has 2 N–H and O–H groups in total. The van der Waals surface area contributed by atoms with Crippen LogP contribution in [0, 0.1) is 19.8 Å². The molecule has 1 aromatic rings. The number of nitrogen functional groups attached to an aromatic ring is 1. The van der Waals surface area contributed by atoms with Gasteiger partial charge in [-0.1, -0.05) is 0 Å². The van der Waals surface area contributed by atoms with E-state index in [1.807, 2.05) is 13.8 Å². The van der Waals surface area contributed by atoms with Crippen LogP contribution in [0.2, 0.25) is 0 Å². The number of anilines is 2. The lowest BCUT2D eigenvalue weighted by atomic mass is 10.1. The summed E-state index contributed by atoms with van der Waals surface area (Å²) in [7, 11) is 1.73. The second-order valence-corrected chi connectivity index (χ2v) is 5.37. The van der Waals surface area contributed by atoms with Crippen molar-refractivity contribution in [2.75, 3.05) is 30.9 Å². The van der Waals surface area contributed by atoms with Gasteiger partial charge in [-0.05, 0) is 39.5 Å². The summed E-state index contributed by atoms with van der Waals surface area (Å²) in [5, 5.41) is 0. The molecule has 0 aliphatic heterocycles. The zero-order valence-corrected chi connectivity index (χ0v) is 12.3. The van der Waals surface area contributed by atoms with Gasteiger partial charge < -0.3 is 15.4 Å². The minimum atomic E-state index is 0.475. The van der Waals surface area contributed by atoms with E-state index in [9.17, 15) is 0 Å². The van der Waals surface area contributed by atoms with E-state index in [0.29, 0.717) is 18.5 Å². The van der Waals surface area contributed by atoms with Gasteiger partial charge in [0, 0.05) is 25.3 Å². The number of nitrogens with zero attached hydrogens (tertiary/aromatic N) is 3. The molecule has 5 heteroatoms. The van der Waals surface area contributed by atoms with Gasteiger partial charge >= 0.3 is 0 Å². The summed E-state index contributed by atoms with van der Waals surface area (Å²) in [6.07, 6.45) is 2.62. The van der Waals surface area contributed by atoms with E-state index in [4.69, 9.17) is 10.5 Å². The Hall–Kier alpha value is -1.36. The van der Waals surface area contributed by atoms with Crippen LogP contribution in [-0.4, -0.2) is 36.3 Å². The van der Waals surface area contributed by atoms with E-state index in [2.05, 4.69) is 21.8 Å². The third kappa shape index (κ3) is 3.15. The Kier molecular flexibility index (Phi) is 4.24. The number of aromatic nitrogens is 2. The highest BCUT2D eigenvalue weighted by Crippen LogP contribution is 2.37. The Bertz CT molecular complexity index is 445. The number of ether oxygens (including phenoxy) is 1. The number of nitrogens with two attached hydrogens (primary N) is 1. The van der Waals surface area contributed by atoms with E-state index in [0.717, 1.165) is 29.7 Å². The van der Waals surface area contributed by atoms with Gasteiger partial charge in [0.25, 0.3) is 0 Å². The first-order valence-electron chi connectivity index (χ1n) is 6.91. The molecule has 0 aromatic carbocycles. The van der Waals surface area contributed by atoms with Gasteiger partial charge in [0.05, 0.1) is 6.61 Å². The molecule has 1 aliphatic carbocycles. The maximum absolute atomic E-state index is 5.97.